The third-order valence-electron chi connectivity index (χ3n) is 8.13. The second kappa shape index (κ2) is 3.47. The summed E-state index contributed by atoms with van der Waals surface area (Å²) in [7, 11) is 0. The van der Waals surface area contributed by atoms with Crippen molar-refractivity contribution >= 4 is 0 Å². The van der Waals surface area contributed by atoms with Gasteiger partial charge in [0.1, 0.15) is 22.9 Å². The maximum absolute atomic E-state index is 11.7. The lowest BCUT2D eigenvalue weighted by atomic mass is 9.63. The Bertz CT molecular complexity index is 654. The average Bonchev–Trinajstić information content (AvgIpc) is 3.25. The fourth-order valence-corrected chi connectivity index (χ4v) is 6.48. The molecule has 4 aliphatic rings. The van der Waals surface area contributed by atoms with Crippen LogP contribution in [-0.4, -0.2) is 66.2 Å². The number of hydrogen-bond acceptors (Lipinski definition) is 6. The first-order chi connectivity index (χ1) is 10.5. The summed E-state index contributed by atoms with van der Waals surface area (Å²) in [4.78, 5) is 0. The molecule has 0 radical (unpaired) electrons. The zero-order valence-corrected chi connectivity index (χ0v) is 15.8. The summed E-state index contributed by atoms with van der Waals surface area (Å²) in [5.41, 5.74) is -8.36. The van der Waals surface area contributed by atoms with Gasteiger partial charge >= 0.3 is 0 Å². The van der Waals surface area contributed by atoms with Crippen LogP contribution in [0.25, 0.3) is 0 Å². The van der Waals surface area contributed by atoms with Crippen LogP contribution in [0.3, 0.4) is 0 Å². The Kier molecular flexibility index (Phi) is 2.48. The quantitative estimate of drug-likeness (QED) is 0.540. The van der Waals surface area contributed by atoms with Gasteiger partial charge in [-0.1, -0.05) is 27.7 Å². The molecule has 0 aromatic rings. The number of hydrogen-bond donors (Lipinski definition) is 4. The lowest BCUT2D eigenvalue weighted by Gasteiger charge is -2.63. The first kappa shape index (κ1) is 17.2. The van der Waals surface area contributed by atoms with Gasteiger partial charge in [-0.15, -0.1) is 0 Å². The third kappa shape index (κ3) is 1.09. The van der Waals surface area contributed by atoms with Crippen molar-refractivity contribution in [2.24, 2.45) is 10.8 Å². The fourth-order valence-electron chi connectivity index (χ4n) is 6.48. The molecule has 2 spiro atoms. The summed E-state index contributed by atoms with van der Waals surface area (Å²) in [6.07, 6.45) is -2.67. The molecule has 0 aromatic heterocycles. The van der Waals surface area contributed by atoms with Crippen molar-refractivity contribution in [3.63, 3.8) is 0 Å². The maximum Gasteiger partial charge on any atom is 0.154 e. The van der Waals surface area contributed by atoms with Gasteiger partial charge < -0.3 is 29.9 Å². The number of fused-ring (bicyclic) bond motifs is 1. The summed E-state index contributed by atoms with van der Waals surface area (Å²) < 4.78 is 12.2. The largest absolute Gasteiger partial charge is 0.389 e. The molecule has 2 heterocycles. The van der Waals surface area contributed by atoms with Crippen LogP contribution >= 0.6 is 0 Å². The van der Waals surface area contributed by atoms with Gasteiger partial charge in [-0.2, -0.15) is 0 Å². The van der Waals surface area contributed by atoms with Gasteiger partial charge in [0.25, 0.3) is 0 Å². The Morgan fingerprint density at radius 2 is 1.17 bits per heavy atom. The van der Waals surface area contributed by atoms with E-state index in [2.05, 4.69) is 0 Å². The second-order valence-electron chi connectivity index (χ2n) is 10.3. The van der Waals surface area contributed by atoms with Crippen molar-refractivity contribution in [2.45, 2.75) is 101 Å². The van der Waals surface area contributed by atoms with Gasteiger partial charge in [0.15, 0.2) is 5.60 Å². The van der Waals surface area contributed by atoms with Crippen LogP contribution in [0.2, 0.25) is 0 Å². The molecular formula is C18H30O6. The maximum atomic E-state index is 11.7. The van der Waals surface area contributed by atoms with Crippen molar-refractivity contribution in [2.75, 3.05) is 0 Å². The minimum atomic E-state index is -1.78. The highest BCUT2D eigenvalue weighted by molar-refractivity contribution is 5.57. The molecule has 6 heteroatoms. The summed E-state index contributed by atoms with van der Waals surface area (Å²) in [5.74, 6) is 0. The van der Waals surface area contributed by atoms with Gasteiger partial charge in [0, 0.05) is 10.8 Å². The fraction of sp³-hybridized carbons (Fsp3) is 1.00. The van der Waals surface area contributed by atoms with Crippen LogP contribution in [0.15, 0.2) is 0 Å². The molecule has 4 N–H and O–H groups in total. The molecule has 2 saturated heterocycles. The highest BCUT2D eigenvalue weighted by Crippen LogP contribution is 2.91. The predicted octanol–water partition coefficient (Wildman–Crippen LogP) is 0.345. The van der Waals surface area contributed by atoms with E-state index >= 15 is 0 Å². The molecule has 0 aromatic carbocycles. The summed E-state index contributed by atoms with van der Waals surface area (Å²) in [6.45, 7) is 14.5. The molecule has 2 aliphatic carbocycles. The van der Waals surface area contributed by atoms with E-state index in [-0.39, 0.29) is 0 Å². The number of ether oxygens (including phenoxy) is 2. The molecule has 0 amide bonds. The minimum absolute atomic E-state index is 0.485. The van der Waals surface area contributed by atoms with Crippen LogP contribution in [0.1, 0.15) is 55.4 Å². The average molecular weight is 342 g/mol. The van der Waals surface area contributed by atoms with Crippen LogP contribution in [0.5, 0.6) is 0 Å². The molecule has 4 fully saturated rings. The van der Waals surface area contributed by atoms with Gasteiger partial charge in [-0.3, -0.25) is 0 Å². The van der Waals surface area contributed by atoms with E-state index in [0.717, 1.165) is 0 Å². The summed E-state index contributed by atoms with van der Waals surface area (Å²) in [5, 5.41) is 44.0. The Labute approximate surface area is 142 Å². The van der Waals surface area contributed by atoms with Crippen molar-refractivity contribution in [3.05, 3.63) is 0 Å². The van der Waals surface area contributed by atoms with Crippen LogP contribution in [-0.2, 0) is 9.47 Å². The number of aliphatic hydroxyl groups excluding tert-OH is 2. The molecule has 24 heavy (non-hydrogen) atoms. The molecule has 0 bridgehead atoms. The van der Waals surface area contributed by atoms with Gasteiger partial charge in [-0.25, -0.2) is 0 Å². The van der Waals surface area contributed by atoms with Crippen molar-refractivity contribution in [1.29, 1.82) is 0 Å². The molecule has 2 saturated carbocycles. The Morgan fingerprint density at radius 3 is 1.42 bits per heavy atom. The van der Waals surface area contributed by atoms with E-state index in [9.17, 15) is 20.4 Å². The molecule has 2 aliphatic heterocycles. The lowest BCUT2D eigenvalue weighted by Crippen LogP contribution is -2.83. The monoisotopic (exact) mass is 342 g/mol. The zero-order chi connectivity index (χ0) is 18.6. The minimum Gasteiger partial charge on any atom is -0.389 e. The van der Waals surface area contributed by atoms with Crippen molar-refractivity contribution in [3.8, 4) is 0 Å². The second-order valence-corrected chi connectivity index (χ2v) is 10.3. The van der Waals surface area contributed by atoms with Gasteiger partial charge in [-0.05, 0) is 27.7 Å². The first-order valence-corrected chi connectivity index (χ1v) is 8.68. The molecule has 138 valence electrons. The highest BCUT2D eigenvalue weighted by atomic mass is 16.7. The number of rotatable bonds is 2. The van der Waals surface area contributed by atoms with Crippen LogP contribution in [0, 0.1) is 10.8 Å². The Hall–Kier alpha value is -0.240. The smallest absolute Gasteiger partial charge is 0.154 e. The SMILES string of the molecule is CC1(C)OC12C(C)(C)[C@@]21OC(C)(C)[C@]1(O)[C@H](O)[C@]1(O)C(O)C1(C)C. The Balaban J connectivity index is 1.82. The van der Waals surface area contributed by atoms with E-state index in [1.54, 1.807) is 27.7 Å². The first-order valence-electron chi connectivity index (χ1n) is 8.68. The molecular weight excluding hydrogens is 312 g/mol. The van der Waals surface area contributed by atoms with Crippen molar-refractivity contribution in [1.82, 2.24) is 0 Å². The predicted molar refractivity (Wildman–Crippen MR) is 85.3 cm³/mol. The van der Waals surface area contributed by atoms with Gasteiger partial charge in [0.05, 0.1) is 17.3 Å². The summed E-state index contributed by atoms with van der Waals surface area (Å²) in [6, 6.07) is 0. The van der Waals surface area contributed by atoms with E-state index in [0.29, 0.717) is 0 Å². The topological polar surface area (TPSA) is 103 Å². The van der Waals surface area contributed by atoms with Crippen molar-refractivity contribution < 1.29 is 29.9 Å². The third-order valence-corrected chi connectivity index (χ3v) is 8.13. The lowest BCUT2D eigenvalue weighted by molar-refractivity contribution is -0.404. The molecule has 6 nitrogen and oxygen atoms in total. The van der Waals surface area contributed by atoms with Crippen LogP contribution in [0.4, 0.5) is 0 Å². The number of epoxide rings is 1. The molecule has 4 rings (SSSR count). The van der Waals surface area contributed by atoms with E-state index in [1.165, 1.54) is 0 Å². The standard InChI is InChI=1S/C18H30O6/c1-11(2)9(19)15(11,21)10(20)16(22)13(5,6)23-18(16)12(3,4)17(18)14(7,8)24-17/h9-10,19-22H,1-8H3/t9?,10-,15-,16-,17?,18+/m1/s1. The molecule has 2 unspecified atom stereocenters. The normalized spacial score (nSPS) is 58.2. The number of aliphatic hydroxyl groups is 4. The molecule has 6 atom stereocenters. The zero-order valence-electron chi connectivity index (χ0n) is 15.8. The summed E-state index contributed by atoms with van der Waals surface area (Å²) >= 11 is 0. The van der Waals surface area contributed by atoms with Gasteiger partial charge in [0.2, 0.25) is 0 Å². The van der Waals surface area contributed by atoms with E-state index in [4.69, 9.17) is 9.47 Å². The van der Waals surface area contributed by atoms with E-state index in [1.807, 2.05) is 27.7 Å². The Morgan fingerprint density at radius 1 is 0.792 bits per heavy atom. The van der Waals surface area contributed by atoms with Crippen LogP contribution < -0.4 is 0 Å². The van der Waals surface area contributed by atoms with E-state index < -0.39 is 56.6 Å². The highest BCUT2D eigenvalue weighted by Gasteiger charge is 3.09.